The molecule has 2 rings (SSSR count). The minimum atomic E-state index is -0.586. The first-order valence-electron chi connectivity index (χ1n) is 4.87. The number of ether oxygens (including phenoxy) is 1. The summed E-state index contributed by atoms with van der Waals surface area (Å²) in [4.78, 5) is 11.9. The third-order valence-electron chi connectivity index (χ3n) is 2.30. The Hall–Kier alpha value is -0.580. The normalized spacial score (nSPS) is 20.8. The topological polar surface area (TPSA) is 26.3 Å². The van der Waals surface area contributed by atoms with Crippen molar-refractivity contribution in [3.63, 3.8) is 0 Å². The predicted molar refractivity (Wildman–Crippen MR) is 62.8 cm³/mol. The van der Waals surface area contributed by atoms with Gasteiger partial charge in [0.1, 0.15) is 11.9 Å². The first-order chi connectivity index (χ1) is 7.68. The van der Waals surface area contributed by atoms with E-state index in [9.17, 15) is 9.18 Å². The summed E-state index contributed by atoms with van der Waals surface area (Å²) in [5.41, 5.74) is 0.0527. The molecule has 16 heavy (non-hydrogen) atoms. The summed E-state index contributed by atoms with van der Waals surface area (Å²) in [6.07, 6.45) is -0.533. The van der Waals surface area contributed by atoms with Gasteiger partial charge < -0.3 is 4.74 Å². The lowest BCUT2D eigenvalue weighted by Crippen LogP contribution is -2.32. The lowest BCUT2D eigenvalue weighted by atomic mass is 10.1. The highest BCUT2D eigenvalue weighted by Gasteiger charge is 2.25. The van der Waals surface area contributed by atoms with Crippen molar-refractivity contribution in [1.82, 2.24) is 0 Å². The van der Waals surface area contributed by atoms with E-state index in [2.05, 4.69) is 0 Å². The summed E-state index contributed by atoms with van der Waals surface area (Å²) >= 11 is 7.26. The highest BCUT2D eigenvalue weighted by molar-refractivity contribution is 7.99. The summed E-state index contributed by atoms with van der Waals surface area (Å²) in [5, 5.41) is 0.285. The number of hydrogen-bond donors (Lipinski definition) is 0. The standard InChI is InChI=1S/C11H10ClFO2S/c12-7-1-2-8(9(13)5-7)11(14)10-6-16-4-3-15-10/h1-2,5,10H,3-4,6H2. The van der Waals surface area contributed by atoms with Gasteiger partial charge in [-0.1, -0.05) is 11.6 Å². The molecule has 1 saturated heterocycles. The zero-order valence-corrected chi connectivity index (χ0v) is 9.98. The van der Waals surface area contributed by atoms with Gasteiger partial charge in [-0.15, -0.1) is 0 Å². The Morgan fingerprint density at radius 1 is 1.56 bits per heavy atom. The van der Waals surface area contributed by atoms with Crippen LogP contribution in [0.5, 0.6) is 0 Å². The van der Waals surface area contributed by atoms with E-state index in [4.69, 9.17) is 16.3 Å². The molecule has 1 aromatic rings. The Kier molecular flexibility index (Phi) is 3.84. The van der Waals surface area contributed by atoms with Crippen molar-refractivity contribution < 1.29 is 13.9 Å². The van der Waals surface area contributed by atoms with Crippen LogP contribution >= 0.6 is 23.4 Å². The van der Waals surface area contributed by atoms with E-state index in [1.165, 1.54) is 12.1 Å². The zero-order chi connectivity index (χ0) is 11.5. The lowest BCUT2D eigenvalue weighted by Gasteiger charge is -2.21. The number of ketones is 1. The van der Waals surface area contributed by atoms with Crippen LogP contribution in [0.1, 0.15) is 10.4 Å². The largest absolute Gasteiger partial charge is 0.368 e. The van der Waals surface area contributed by atoms with Gasteiger partial charge in [0, 0.05) is 16.5 Å². The number of carbonyl (C=O) groups excluding carboxylic acids is 1. The van der Waals surface area contributed by atoms with E-state index in [-0.39, 0.29) is 16.4 Å². The second-order valence-corrected chi connectivity index (χ2v) is 5.01. The number of Topliss-reactive ketones (excluding diaryl/α,β-unsaturated/α-hetero) is 1. The molecule has 1 aliphatic rings. The number of thioether (sulfide) groups is 1. The molecule has 0 amide bonds. The molecule has 0 spiro atoms. The molecule has 2 nitrogen and oxygen atoms in total. The Bertz CT molecular complexity index is 405. The maximum atomic E-state index is 13.5. The molecule has 86 valence electrons. The molecule has 1 heterocycles. The van der Waals surface area contributed by atoms with Crippen LogP contribution in [0.25, 0.3) is 0 Å². The Labute approximate surface area is 102 Å². The molecule has 5 heteroatoms. The third-order valence-corrected chi connectivity index (χ3v) is 3.53. The minimum absolute atomic E-state index is 0.0527. The summed E-state index contributed by atoms with van der Waals surface area (Å²) in [5.74, 6) is 0.575. The second kappa shape index (κ2) is 5.17. The molecule has 0 N–H and O–H groups in total. The van der Waals surface area contributed by atoms with Crippen LogP contribution in [0.3, 0.4) is 0 Å². The van der Waals surface area contributed by atoms with E-state index in [1.54, 1.807) is 11.8 Å². The average molecular weight is 261 g/mol. The molecule has 0 bridgehead atoms. The van der Waals surface area contributed by atoms with Gasteiger partial charge in [-0.05, 0) is 18.2 Å². The van der Waals surface area contributed by atoms with E-state index in [0.717, 1.165) is 11.8 Å². The van der Waals surface area contributed by atoms with Crippen molar-refractivity contribution in [3.8, 4) is 0 Å². The number of rotatable bonds is 2. The summed E-state index contributed by atoms with van der Waals surface area (Å²) < 4.78 is 18.8. The van der Waals surface area contributed by atoms with Crippen LogP contribution in [-0.4, -0.2) is 30.0 Å². The molecule has 1 aromatic carbocycles. The van der Waals surface area contributed by atoms with Gasteiger partial charge in [0.05, 0.1) is 12.2 Å². The molecule has 0 saturated carbocycles. The van der Waals surface area contributed by atoms with Gasteiger partial charge in [-0.3, -0.25) is 4.79 Å². The highest BCUT2D eigenvalue weighted by Crippen LogP contribution is 2.20. The molecule has 0 aromatic heterocycles. The SMILES string of the molecule is O=C(c1ccc(Cl)cc1F)C1CSCCO1. The third kappa shape index (κ3) is 2.56. The van der Waals surface area contributed by atoms with Crippen LogP contribution in [0.15, 0.2) is 18.2 Å². The number of benzene rings is 1. The van der Waals surface area contributed by atoms with Gasteiger partial charge >= 0.3 is 0 Å². The van der Waals surface area contributed by atoms with Gasteiger partial charge in [0.2, 0.25) is 0 Å². The van der Waals surface area contributed by atoms with Crippen molar-refractivity contribution in [1.29, 1.82) is 0 Å². The second-order valence-electron chi connectivity index (χ2n) is 3.42. The van der Waals surface area contributed by atoms with Crippen molar-refractivity contribution in [3.05, 3.63) is 34.6 Å². The molecule has 0 radical (unpaired) electrons. The Morgan fingerprint density at radius 3 is 3.00 bits per heavy atom. The van der Waals surface area contributed by atoms with Gasteiger partial charge in [0.25, 0.3) is 0 Å². The fourth-order valence-corrected chi connectivity index (χ4v) is 2.50. The number of halogens is 2. The molecule has 0 aliphatic carbocycles. The Balaban J connectivity index is 2.19. The van der Waals surface area contributed by atoms with Crippen molar-refractivity contribution >= 4 is 29.1 Å². The maximum Gasteiger partial charge on any atom is 0.195 e. The first kappa shape index (κ1) is 11.9. The van der Waals surface area contributed by atoms with Crippen LogP contribution in [-0.2, 0) is 4.74 Å². The van der Waals surface area contributed by atoms with Gasteiger partial charge in [-0.25, -0.2) is 4.39 Å². The molecular weight excluding hydrogens is 251 g/mol. The van der Waals surface area contributed by atoms with Crippen LogP contribution < -0.4 is 0 Å². The van der Waals surface area contributed by atoms with E-state index in [1.807, 2.05) is 0 Å². The summed E-state index contributed by atoms with van der Waals surface area (Å²) in [7, 11) is 0. The van der Waals surface area contributed by atoms with E-state index >= 15 is 0 Å². The first-order valence-corrected chi connectivity index (χ1v) is 6.40. The number of carbonyl (C=O) groups is 1. The van der Waals surface area contributed by atoms with Gasteiger partial charge in [-0.2, -0.15) is 11.8 Å². The molecule has 1 fully saturated rings. The maximum absolute atomic E-state index is 13.5. The van der Waals surface area contributed by atoms with E-state index < -0.39 is 11.9 Å². The van der Waals surface area contributed by atoms with Crippen molar-refractivity contribution in [2.75, 3.05) is 18.1 Å². The average Bonchev–Trinajstić information content (AvgIpc) is 2.29. The highest BCUT2D eigenvalue weighted by atomic mass is 35.5. The van der Waals surface area contributed by atoms with E-state index in [0.29, 0.717) is 12.4 Å². The Morgan fingerprint density at radius 2 is 2.38 bits per heavy atom. The lowest BCUT2D eigenvalue weighted by molar-refractivity contribution is 0.0515. The smallest absolute Gasteiger partial charge is 0.195 e. The molecular formula is C11H10ClFO2S. The predicted octanol–water partition coefficient (Wildman–Crippen LogP) is 2.79. The zero-order valence-electron chi connectivity index (χ0n) is 8.41. The van der Waals surface area contributed by atoms with Crippen molar-refractivity contribution in [2.24, 2.45) is 0 Å². The van der Waals surface area contributed by atoms with Crippen molar-refractivity contribution in [2.45, 2.75) is 6.10 Å². The number of hydrogen-bond acceptors (Lipinski definition) is 3. The van der Waals surface area contributed by atoms with Gasteiger partial charge in [0.15, 0.2) is 5.78 Å². The minimum Gasteiger partial charge on any atom is -0.368 e. The summed E-state index contributed by atoms with van der Waals surface area (Å²) in [6, 6.07) is 4.06. The van der Waals surface area contributed by atoms with Crippen LogP contribution in [0, 0.1) is 5.82 Å². The summed E-state index contributed by atoms with van der Waals surface area (Å²) in [6.45, 7) is 0.538. The molecule has 1 unspecified atom stereocenters. The molecule has 1 aliphatic heterocycles. The fraction of sp³-hybridized carbons (Fsp3) is 0.364. The van der Waals surface area contributed by atoms with Crippen LogP contribution in [0.2, 0.25) is 5.02 Å². The fourth-order valence-electron chi connectivity index (χ4n) is 1.50. The van der Waals surface area contributed by atoms with Crippen LogP contribution in [0.4, 0.5) is 4.39 Å². The molecule has 1 atom stereocenters. The monoisotopic (exact) mass is 260 g/mol. The quantitative estimate of drug-likeness (QED) is 0.765.